The first-order valence-corrected chi connectivity index (χ1v) is 6.11. The Morgan fingerprint density at radius 3 is 2.80 bits per heavy atom. The van der Waals surface area contributed by atoms with Crippen LogP contribution < -0.4 is 0 Å². The van der Waals surface area contributed by atoms with E-state index in [-0.39, 0.29) is 12.1 Å². The van der Waals surface area contributed by atoms with Crippen molar-refractivity contribution >= 4 is 17.0 Å². The van der Waals surface area contributed by atoms with Crippen molar-refractivity contribution in [3.8, 4) is 0 Å². The highest BCUT2D eigenvalue weighted by Gasteiger charge is 2.36. The van der Waals surface area contributed by atoms with Gasteiger partial charge in [-0.1, -0.05) is 24.3 Å². The minimum atomic E-state index is -2.48. The topological polar surface area (TPSA) is 55.5 Å². The van der Waals surface area contributed by atoms with Crippen molar-refractivity contribution in [2.45, 2.75) is 12.8 Å². The summed E-state index contributed by atoms with van der Waals surface area (Å²) in [7, 11) is 0. The summed E-state index contributed by atoms with van der Waals surface area (Å²) in [5, 5.41) is 11.1. The number of aliphatic imine (C=N–C) groups is 1. The molecule has 1 aromatic rings. The highest BCUT2D eigenvalue weighted by atomic mass is 19.3. The van der Waals surface area contributed by atoms with Crippen LogP contribution in [0.1, 0.15) is 12.0 Å². The molecule has 0 saturated carbocycles. The van der Waals surface area contributed by atoms with Crippen molar-refractivity contribution in [2.75, 3.05) is 0 Å². The Balaban J connectivity index is 2.14. The smallest absolute Gasteiger partial charge is 0.258 e. The zero-order valence-corrected chi connectivity index (χ0v) is 10.3. The van der Waals surface area contributed by atoms with Gasteiger partial charge >= 0.3 is 0 Å². The van der Waals surface area contributed by atoms with Gasteiger partial charge in [0.15, 0.2) is 0 Å². The van der Waals surface area contributed by atoms with E-state index in [9.17, 15) is 18.9 Å². The van der Waals surface area contributed by atoms with E-state index in [0.717, 1.165) is 0 Å². The van der Waals surface area contributed by atoms with E-state index in [1.807, 2.05) is 0 Å². The Kier molecular flexibility index (Phi) is 2.93. The van der Waals surface area contributed by atoms with Crippen LogP contribution in [-0.4, -0.2) is 17.1 Å². The van der Waals surface area contributed by atoms with Gasteiger partial charge in [0.25, 0.3) is 5.70 Å². The lowest BCUT2D eigenvalue weighted by Gasteiger charge is -2.17. The first kappa shape index (κ1) is 12.7. The van der Waals surface area contributed by atoms with Gasteiger partial charge in [0, 0.05) is 24.0 Å². The van der Waals surface area contributed by atoms with Gasteiger partial charge in [0.1, 0.15) is 0 Å². The molecule has 2 aliphatic rings. The number of hydrogen-bond acceptors (Lipinski definition) is 3. The number of benzene rings is 1. The largest absolute Gasteiger partial charge is 0.278 e. The van der Waals surface area contributed by atoms with E-state index < -0.39 is 17.3 Å². The predicted molar refractivity (Wildman–Crippen MR) is 70.7 cm³/mol. The van der Waals surface area contributed by atoms with E-state index in [1.54, 1.807) is 24.3 Å². The maximum absolute atomic E-state index is 12.6. The summed E-state index contributed by atoms with van der Waals surface area (Å²) in [5.41, 5.74) is 1.90. The molecule has 1 heterocycles. The fourth-order valence-electron chi connectivity index (χ4n) is 2.56. The SMILES string of the molecule is O=[N+]([O-])C1=C2C(=Nc3ccccc32)C(CC(F)F)C=C1. The van der Waals surface area contributed by atoms with Crippen molar-refractivity contribution < 1.29 is 13.7 Å². The Labute approximate surface area is 113 Å². The summed E-state index contributed by atoms with van der Waals surface area (Å²) in [4.78, 5) is 14.9. The lowest BCUT2D eigenvalue weighted by Crippen LogP contribution is -2.21. The van der Waals surface area contributed by atoms with Gasteiger partial charge < -0.3 is 0 Å². The summed E-state index contributed by atoms with van der Waals surface area (Å²) in [6.45, 7) is 0. The van der Waals surface area contributed by atoms with Crippen LogP contribution in [0.25, 0.3) is 5.57 Å². The zero-order chi connectivity index (χ0) is 14.3. The molecule has 20 heavy (non-hydrogen) atoms. The summed E-state index contributed by atoms with van der Waals surface area (Å²) < 4.78 is 25.2. The molecule has 0 amide bonds. The van der Waals surface area contributed by atoms with Crippen molar-refractivity contribution in [3.05, 3.63) is 57.8 Å². The molecule has 3 rings (SSSR count). The number of allylic oxidation sites excluding steroid dienone is 3. The van der Waals surface area contributed by atoms with Crippen LogP contribution in [0.15, 0.2) is 47.1 Å². The average molecular weight is 276 g/mol. The molecule has 1 unspecified atom stereocenters. The van der Waals surface area contributed by atoms with Crippen LogP contribution in [0.3, 0.4) is 0 Å². The summed E-state index contributed by atoms with van der Waals surface area (Å²) >= 11 is 0. The van der Waals surface area contributed by atoms with Crippen LogP contribution in [0.2, 0.25) is 0 Å². The second-order valence-corrected chi connectivity index (χ2v) is 4.62. The molecule has 4 nitrogen and oxygen atoms in total. The Morgan fingerprint density at radius 1 is 1.35 bits per heavy atom. The van der Waals surface area contributed by atoms with Crippen LogP contribution >= 0.6 is 0 Å². The molecule has 0 fully saturated rings. The van der Waals surface area contributed by atoms with Crippen molar-refractivity contribution in [1.29, 1.82) is 0 Å². The second-order valence-electron chi connectivity index (χ2n) is 4.62. The molecular weight excluding hydrogens is 266 g/mol. The normalized spacial score (nSPS) is 19.9. The molecule has 1 aliphatic heterocycles. The fourth-order valence-corrected chi connectivity index (χ4v) is 2.56. The number of alkyl halides is 2. The highest BCUT2D eigenvalue weighted by molar-refractivity contribution is 6.31. The van der Waals surface area contributed by atoms with Crippen LogP contribution in [0.4, 0.5) is 14.5 Å². The van der Waals surface area contributed by atoms with Crippen LogP contribution in [0, 0.1) is 16.0 Å². The standard InChI is InChI=1S/C14H10F2N2O2/c15-12(16)7-8-5-6-11(18(19)20)13-9-3-1-2-4-10(9)17-14(8)13/h1-6,8,12H,7H2. The Morgan fingerprint density at radius 2 is 2.10 bits per heavy atom. The summed E-state index contributed by atoms with van der Waals surface area (Å²) in [5.74, 6) is -0.582. The molecule has 0 N–H and O–H groups in total. The molecule has 1 atom stereocenters. The van der Waals surface area contributed by atoms with E-state index in [0.29, 0.717) is 22.5 Å². The van der Waals surface area contributed by atoms with Gasteiger partial charge in [0.2, 0.25) is 6.43 Å². The summed E-state index contributed by atoms with van der Waals surface area (Å²) in [6.07, 6.45) is -0.103. The number of nitro groups is 1. The first-order chi connectivity index (χ1) is 9.58. The van der Waals surface area contributed by atoms with E-state index in [1.165, 1.54) is 12.2 Å². The molecular formula is C14H10F2N2O2. The van der Waals surface area contributed by atoms with Crippen LogP contribution in [0.5, 0.6) is 0 Å². The molecule has 0 saturated heterocycles. The van der Waals surface area contributed by atoms with Crippen molar-refractivity contribution in [3.63, 3.8) is 0 Å². The van der Waals surface area contributed by atoms with Gasteiger partial charge in [-0.15, -0.1) is 0 Å². The van der Waals surface area contributed by atoms with E-state index >= 15 is 0 Å². The molecule has 102 valence electrons. The third-order valence-corrected chi connectivity index (χ3v) is 3.39. The second kappa shape index (κ2) is 4.63. The third-order valence-electron chi connectivity index (χ3n) is 3.39. The Hall–Kier alpha value is -2.37. The lowest BCUT2D eigenvalue weighted by atomic mass is 9.86. The molecule has 0 bridgehead atoms. The maximum atomic E-state index is 12.6. The molecule has 0 aromatic heterocycles. The van der Waals surface area contributed by atoms with E-state index in [2.05, 4.69) is 4.99 Å². The molecule has 0 radical (unpaired) electrons. The number of nitrogens with zero attached hydrogens (tertiary/aromatic N) is 2. The molecule has 1 aromatic carbocycles. The van der Waals surface area contributed by atoms with Gasteiger partial charge in [-0.3, -0.25) is 15.1 Å². The average Bonchev–Trinajstić information content (AvgIpc) is 2.78. The zero-order valence-electron chi connectivity index (χ0n) is 10.3. The monoisotopic (exact) mass is 276 g/mol. The van der Waals surface area contributed by atoms with Gasteiger partial charge in [-0.05, 0) is 6.07 Å². The molecule has 6 heteroatoms. The number of para-hydroxylation sites is 1. The number of rotatable bonds is 3. The van der Waals surface area contributed by atoms with Gasteiger partial charge in [-0.2, -0.15) is 0 Å². The Bertz CT molecular complexity index is 678. The van der Waals surface area contributed by atoms with Crippen molar-refractivity contribution in [1.82, 2.24) is 0 Å². The van der Waals surface area contributed by atoms with Crippen molar-refractivity contribution in [2.24, 2.45) is 10.9 Å². The van der Waals surface area contributed by atoms with Gasteiger partial charge in [-0.25, -0.2) is 8.78 Å². The highest BCUT2D eigenvalue weighted by Crippen LogP contribution is 2.42. The minimum absolute atomic E-state index is 0.0841. The fraction of sp³-hybridized carbons (Fsp3) is 0.214. The lowest BCUT2D eigenvalue weighted by molar-refractivity contribution is -0.417. The molecule has 1 aliphatic carbocycles. The van der Waals surface area contributed by atoms with Gasteiger partial charge in [0.05, 0.1) is 21.9 Å². The first-order valence-electron chi connectivity index (χ1n) is 6.11. The minimum Gasteiger partial charge on any atom is -0.258 e. The maximum Gasteiger partial charge on any atom is 0.278 e. The number of fused-ring (bicyclic) bond motifs is 3. The number of hydrogen-bond donors (Lipinski definition) is 0. The summed E-state index contributed by atoms with van der Waals surface area (Å²) in [6, 6.07) is 6.97. The third kappa shape index (κ3) is 1.93. The van der Waals surface area contributed by atoms with Crippen LogP contribution in [-0.2, 0) is 0 Å². The van der Waals surface area contributed by atoms with E-state index in [4.69, 9.17) is 0 Å². The predicted octanol–water partition coefficient (Wildman–Crippen LogP) is 3.60. The quantitative estimate of drug-likeness (QED) is 0.625. The molecule has 0 spiro atoms. The number of halogens is 2.